The van der Waals surface area contributed by atoms with Gasteiger partial charge in [-0.05, 0) is 7.05 Å². The molecule has 15 heavy (non-hydrogen) atoms. The minimum absolute atomic E-state index is 0.105. The Labute approximate surface area is 93.0 Å². The number of amidine groups is 1. The lowest BCUT2D eigenvalue weighted by molar-refractivity contribution is 0.313. The summed E-state index contributed by atoms with van der Waals surface area (Å²) in [7, 11) is 2.13. The lowest BCUT2D eigenvalue weighted by Crippen LogP contribution is -2.44. The maximum Gasteiger partial charge on any atom is 0.186 e. The van der Waals surface area contributed by atoms with E-state index in [1.54, 1.807) is 6.20 Å². The molecule has 0 atom stereocenters. The maximum absolute atomic E-state index is 7.32. The summed E-state index contributed by atoms with van der Waals surface area (Å²) in [5, 5.41) is 8.30. The first kappa shape index (κ1) is 10.4. The van der Waals surface area contributed by atoms with Gasteiger partial charge in [0.25, 0.3) is 0 Å². The Morgan fingerprint density at radius 1 is 1.47 bits per heavy atom. The lowest BCUT2D eigenvalue weighted by Gasteiger charge is -2.32. The summed E-state index contributed by atoms with van der Waals surface area (Å²) in [5.74, 6) is 0.105. The van der Waals surface area contributed by atoms with Crippen LogP contribution in [0.2, 0.25) is 0 Å². The van der Waals surface area contributed by atoms with Crippen molar-refractivity contribution in [3.8, 4) is 0 Å². The van der Waals surface area contributed by atoms with Gasteiger partial charge in [-0.3, -0.25) is 5.41 Å². The lowest BCUT2D eigenvalue weighted by atomic mass is 10.3. The molecule has 0 aliphatic carbocycles. The molecule has 6 heteroatoms. The molecule has 1 aliphatic heterocycles. The normalized spacial score (nSPS) is 18.1. The highest BCUT2D eigenvalue weighted by molar-refractivity contribution is 7.17. The van der Waals surface area contributed by atoms with Crippen molar-refractivity contribution in [2.75, 3.05) is 38.1 Å². The van der Waals surface area contributed by atoms with Crippen LogP contribution in [0.15, 0.2) is 6.20 Å². The molecule has 1 aliphatic rings. The summed E-state index contributed by atoms with van der Waals surface area (Å²) >= 11 is 1.50. The number of nitrogen functional groups attached to an aromatic ring is 1. The van der Waals surface area contributed by atoms with Crippen LogP contribution in [-0.4, -0.2) is 48.9 Å². The van der Waals surface area contributed by atoms with Crippen LogP contribution in [0.25, 0.3) is 0 Å². The average Bonchev–Trinajstić information content (AvgIpc) is 2.68. The quantitative estimate of drug-likeness (QED) is 0.556. The van der Waals surface area contributed by atoms with Gasteiger partial charge < -0.3 is 15.5 Å². The predicted molar refractivity (Wildman–Crippen MR) is 62.8 cm³/mol. The Morgan fingerprint density at radius 2 is 2.13 bits per heavy atom. The van der Waals surface area contributed by atoms with E-state index in [4.69, 9.17) is 11.1 Å². The van der Waals surface area contributed by atoms with Gasteiger partial charge in [-0.15, -0.1) is 0 Å². The number of thiazole rings is 1. The number of hydrogen-bond acceptors (Lipinski definition) is 5. The number of nitrogens with two attached hydrogens (primary N) is 1. The highest BCUT2D eigenvalue weighted by Crippen LogP contribution is 2.22. The first-order valence-electron chi connectivity index (χ1n) is 4.90. The van der Waals surface area contributed by atoms with Crippen molar-refractivity contribution in [1.29, 1.82) is 5.41 Å². The van der Waals surface area contributed by atoms with E-state index >= 15 is 0 Å². The van der Waals surface area contributed by atoms with Crippen LogP contribution in [0.4, 0.5) is 5.13 Å². The summed E-state index contributed by atoms with van der Waals surface area (Å²) in [6, 6.07) is 0. The maximum atomic E-state index is 7.32. The predicted octanol–water partition coefficient (Wildman–Crippen LogP) is 0.179. The second-order valence-electron chi connectivity index (χ2n) is 3.71. The second kappa shape index (κ2) is 4.16. The van der Waals surface area contributed by atoms with Gasteiger partial charge >= 0.3 is 0 Å². The van der Waals surface area contributed by atoms with Gasteiger partial charge in [0.1, 0.15) is 5.84 Å². The van der Waals surface area contributed by atoms with Crippen molar-refractivity contribution in [2.24, 2.45) is 5.73 Å². The van der Waals surface area contributed by atoms with E-state index in [0.29, 0.717) is 0 Å². The Bertz CT molecular complexity index is 353. The molecule has 1 saturated heterocycles. The van der Waals surface area contributed by atoms with E-state index in [0.717, 1.165) is 36.2 Å². The molecule has 0 spiro atoms. The third-order valence-corrected chi connectivity index (χ3v) is 3.62. The van der Waals surface area contributed by atoms with Crippen LogP contribution < -0.4 is 10.6 Å². The molecule has 0 unspecified atom stereocenters. The highest BCUT2D eigenvalue weighted by atomic mass is 32.1. The average molecular weight is 225 g/mol. The SMILES string of the molecule is CN1CCN(c2ncc(C(=N)N)s2)CC1. The smallest absolute Gasteiger partial charge is 0.186 e. The molecule has 1 aromatic rings. The van der Waals surface area contributed by atoms with Crippen molar-refractivity contribution < 1.29 is 0 Å². The molecule has 3 N–H and O–H groups in total. The van der Waals surface area contributed by atoms with Crippen LogP contribution in [0.3, 0.4) is 0 Å². The molecule has 0 saturated carbocycles. The zero-order valence-electron chi connectivity index (χ0n) is 8.73. The summed E-state index contributed by atoms with van der Waals surface area (Å²) in [6.07, 6.45) is 1.68. The van der Waals surface area contributed by atoms with E-state index in [2.05, 4.69) is 21.8 Å². The zero-order chi connectivity index (χ0) is 10.8. The molecule has 2 rings (SSSR count). The fourth-order valence-electron chi connectivity index (χ4n) is 1.53. The molecule has 1 aromatic heterocycles. The van der Waals surface area contributed by atoms with Crippen LogP contribution in [0.5, 0.6) is 0 Å². The molecular weight excluding hydrogens is 210 g/mol. The summed E-state index contributed by atoms with van der Waals surface area (Å²) in [5.41, 5.74) is 5.41. The summed E-state index contributed by atoms with van der Waals surface area (Å²) in [6.45, 7) is 4.13. The van der Waals surface area contributed by atoms with Crippen LogP contribution in [0.1, 0.15) is 4.88 Å². The van der Waals surface area contributed by atoms with Gasteiger partial charge in [0, 0.05) is 26.2 Å². The Hall–Kier alpha value is -1.14. The number of hydrogen-bond donors (Lipinski definition) is 2. The number of nitrogens with one attached hydrogen (secondary N) is 1. The third-order valence-electron chi connectivity index (χ3n) is 2.53. The molecule has 82 valence electrons. The summed E-state index contributed by atoms with van der Waals surface area (Å²) in [4.78, 5) is 9.59. The molecular formula is C9H15N5S. The Balaban J connectivity index is 2.06. The number of piperazine rings is 1. The molecule has 0 amide bonds. The second-order valence-corrected chi connectivity index (χ2v) is 4.72. The van der Waals surface area contributed by atoms with Crippen LogP contribution >= 0.6 is 11.3 Å². The van der Waals surface area contributed by atoms with Gasteiger partial charge in [0.15, 0.2) is 5.13 Å². The van der Waals surface area contributed by atoms with E-state index in [-0.39, 0.29) is 5.84 Å². The number of nitrogens with zero attached hydrogens (tertiary/aromatic N) is 3. The fraction of sp³-hybridized carbons (Fsp3) is 0.556. The zero-order valence-corrected chi connectivity index (χ0v) is 9.55. The number of likely N-dealkylation sites (N-methyl/N-ethyl adjacent to an activating group) is 1. The monoisotopic (exact) mass is 225 g/mol. The molecule has 5 nitrogen and oxygen atoms in total. The van der Waals surface area contributed by atoms with Gasteiger partial charge in [-0.1, -0.05) is 11.3 Å². The topological polar surface area (TPSA) is 69.2 Å². The number of aromatic nitrogens is 1. The first-order valence-corrected chi connectivity index (χ1v) is 5.72. The number of anilines is 1. The first-order chi connectivity index (χ1) is 7.16. The number of rotatable bonds is 2. The van der Waals surface area contributed by atoms with Crippen molar-refractivity contribution in [1.82, 2.24) is 9.88 Å². The molecule has 1 fully saturated rings. The van der Waals surface area contributed by atoms with Crippen molar-refractivity contribution in [3.05, 3.63) is 11.1 Å². The summed E-state index contributed by atoms with van der Waals surface area (Å²) < 4.78 is 0. The van der Waals surface area contributed by atoms with E-state index < -0.39 is 0 Å². The van der Waals surface area contributed by atoms with Crippen molar-refractivity contribution in [2.45, 2.75) is 0 Å². The van der Waals surface area contributed by atoms with Crippen LogP contribution in [-0.2, 0) is 0 Å². The Kier molecular flexibility index (Phi) is 2.88. The third kappa shape index (κ3) is 2.27. The molecule has 2 heterocycles. The standard InChI is InChI=1S/C9H15N5S/c1-13-2-4-14(5-3-13)9-12-6-7(15-9)8(10)11/h6H,2-5H2,1H3,(H3,10,11). The highest BCUT2D eigenvalue weighted by Gasteiger charge is 2.17. The van der Waals surface area contributed by atoms with Gasteiger partial charge in [-0.2, -0.15) is 0 Å². The Morgan fingerprint density at radius 3 is 2.67 bits per heavy atom. The van der Waals surface area contributed by atoms with Gasteiger partial charge in [-0.25, -0.2) is 4.98 Å². The van der Waals surface area contributed by atoms with Gasteiger partial charge in [0.2, 0.25) is 0 Å². The molecule has 0 aromatic carbocycles. The fourth-order valence-corrected chi connectivity index (χ4v) is 2.36. The largest absolute Gasteiger partial charge is 0.383 e. The molecule has 0 bridgehead atoms. The van der Waals surface area contributed by atoms with Crippen molar-refractivity contribution in [3.63, 3.8) is 0 Å². The van der Waals surface area contributed by atoms with E-state index in [9.17, 15) is 0 Å². The minimum atomic E-state index is 0.105. The van der Waals surface area contributed by atoms with Gasteiger partial charge in [0.05, 0.1) is 11.1 Å². The minimum Gasteiger partial charge on any atom is -0.383 e. The van der Waals surface area contributed by atoms with E-state index in [1.165, 1.54) is 11.3 Å². The van der Waals surface area contributed by atoms with Crippen molar-refractivity contribution >= 4 is 22.3 Å². The van der Waals surface area contributed by atoms with Crippen LogP contribution in [0, 0.1) is 5.41 Å². The molecule has 0 radical (unpaired) electrons. The van der Waals surface area contributed by atoms with E-state index in [1.807, 2.05) is 0 Å².